The molecule has 1 aromatic carbocycles. The fraction of sp³-hybridized carbons (Fsp3) is 0.200. The number of benzene rings is 1. The summed E-state index contributed by atoms with van der Waals surface area (Å²) in [5.41, 5.74) is 3.00. The third-order valence-corrected chi connectivity index (χ3v) is 1.78. The standard InChI is InChI=1S/C10H11FN2/c1-2-9(13-12)7-8-5-3-4-6-10(8)11/h1,3-6,9,13H,7,12H2. The zero-order valence-electron chi connectivity index (χ0n) is 7.13. The maximum atomic E-state index is 13.1. The van der Waals surface area contributed by atoms with Crippen molar-refractivity contribution >= 4 is 0 Å². The Kier molecular flexibility index (Phi) is 3.44. The average molecular weight is 178 g/mol. The van der Waals surface area contributed by atoms with Gasteiger partial charge in [0.15, 0.2) is 0 Å². The molecule has 3 heteroatoms. The predicted molar refractivity (Wildman–Crippen MR) is 50.0 cm³/mol. The molecule has 0 saturated heterocycles. The van der Waals surface area contributed by atoms with Gasteiger partial charge in [-0.1, -0.05) is 24.1 Å². The second-order valence-electron chi connectivity index (χ2n) is 2.68. The second-order valence-corrected chi connectivity index (χ2v) is 2.68. The highest BCUT2D eigenvalue weighted by molar-refractivity contribution is 5.20. The highest BCUT2D eigenvalue weighted by Gasteiger charge is 2.06. The summed E-state index contributed by atoms with van der Waals surface area (Å²) in [5.74, 6) is 7.34. The van der Waals surface area contributed by atoms with Crippen LogP contribution >= 0.6 is 0 Å². The van der Waals surface area contributed by atoms with E-state index in [1.165, 1.54) is 6.07 Å². The molecule has 2 nitrogen and oxygen atoms in total. The van der Waals surface area contributed by atoms with Gasteiger partial charge in [-0.15, -0.1) is 6.42 Å². The average Bonchev–Trinajstić information content (AvgIpc) is 2.17. The predicted octanol–water partition coefficient (Wildman–Crippen LogP) is 0.833. The van der Waals surface area contributed by atoms with E-state index in [2.05, 4.69) is 11.3 Å². The van der Waals surface area contributed by atoms with Crippen LogP contribution in [0.3, 0.4) is 0 Å². The van der Waals surface area contributed by atoms with Crippen LogP contribution in [-0.4, -0.2) is 6.04 Å². The molecule has 0 radical (unpaired) electrons. The van der Waals surface area contributed by atoms with E-state index in [4.69, 9.17) is 12.3 Å². The van der Waals surface area contributed by atoms with E-state index >= 15 is 0 Å². The third kappa shape index (κ3) is 2.55. The molecule has 0 saturated carbocycles. The molecule has 0 heterocycles. The van der Waals surface area contributed by atoms with Crippen molar-refractivity contribution in [2.45, 2.75) is 12.5 Å². The Hall–Kier alpha value is -1.37. The zero-order chi connectivity index (χ0) is 9.68. The molecule has 0 fully saturated rings. The molecule has 1 atom stereocenters. The monoisotopic (exact) mass is 178 g/mol. The Morgan fingerprint density at radius 3 is 2.77 bits per heavy atom. The molecule has 68 valence electrons. The maximum Gasteiger partial charge on any atom is 0.126 e. The number of nitrogens with two attached hydrogens (primary N) is 1. The summed E-state index contributed by atoms with van der Waals surface area (Å²) >= 11 is 0. The van der Waals surface area contributed by atoms with Gasteiger partial charge in [-0.25, -0.2) is 9.82 Å². The SMILES string of the molecule is C#CC(Cc1ccccc1F)NN. The molecule has 0 aliphatic rings. The van der Waals surface area contributed by atoms with Crippen LogP contribution in [0.25, 0.3) is 0 Å². The molecule has 3 N–H and O–H groups in total. The lowest BCUT2D eigenvalue weighted by Gasteiger charge is -2.09. The van der Waals surface area contributed by atoms with Crippen molar-refractivity contribution in [1.82, 2.24) is 5.43 Å². The Bertz CT molecular complexity index is 317. The summed E-state index contributed by atoms with van der Waals surface area (Å²) < 4.78 is 13.1. The topological polar surface area (TPSA) is 38.0 Å². The lowest BCUT2D eigenvalue weighted by Crippen LogP contribution is -2.35. The van der Waals surface area contributed by atoms with Crippen molar-refractivity contribution in [3.05, 3.63) is 35.6 Å². The molecule has 0 aromatic heterocycles. The number of halogens is 1. The zero-order valence-corrected chi connectivity index (χ0v) is 7.13. The number of hydrazine groups is 1. The van der Waals surface area contributed by atoms with Crippen molar-refractivity contribution < 1.29 is 4.39 Å². The quantitative estimate of drug-likeness (QED) is 0.409. The van der Waals surface area contributed by atoms with Crippen LogP contribution in [0.1, 0.15) is 5.56 Å². The van der Waals surface area contributed by atoms with Crippen LogP contribution in [0, 0.1) is 18.2 Å². The fourth-order valence-electron chi connectivity index (χ4n) is 1.05. The summed E-state index contributed by atoms with van der Waals surface area (Å²) in [6, 6.07) is 6.18. The lowest BCUT2D eigenvalue weighted by atomic mass is 10.1. The molecule has 0 aliphatic carbocycles. The lowest BCUT2D eigenvalue weighted by molar-refractivity contribution is 0.578. The van der Waals surface area contributed by atoms with Crippen molar-refractivity contribution in [2.75, 3.05) is 0 Å². The van der Waals surface area contributed by atoms with Crippen LogP contribution in [0.5, 0.6) is 0 Å². The normalized spacial score (nSPS) is 12.1. The minimum Gasteiger partial charge on any atom is -0.270 e. The smallest absolute Gasteiger partial charge is 0.126 e. The van der Waals surface area contributed by atoms with Gasteiger partial charge in [0.05, 0.1) is 6.04 Å². The van der Waals surface area contributed by atoms with Gasteiger partial charge in [-0.3, -0.25) is 5.84 Å². The van der Waals surface area contributed by atoms with Crippen molar-refractivity contribution in [3.63, 3.8) is 0 Å². The minimum absolute atomic E-state index is 0.252. The number of hydrogen-bond donors (Lipinski definition) is 2. The number of hydrogen-bond acceptors (Lipinski definition) is 2. The van der Waals surface area contributed by atoms with Crippen LogP contribution in [0.15, 0.2) is 24.3 Å². The molecule has 0 spiro atoms. The highest BCUT2D eigenvalue weighted by atomic mass is 19.1. The maximum absolute atomic E-state index is 13.1. The van der Waals surface area contributed by atoms with Crippen LogP contribution in [0.4, 0.5) is 4.39 Å². The minimum atomic E-state index is -0.322. The first-order chi connectivity index (χ1) is 6.27. The van der Waals surface area contributed by atoms with Crippen LogP contribution < -0.4 is 11.3 Å². The van der Waals surface area contributed by atoms with E-state index in [1.807, 2.05) is 0 Å². The summed E-state index contributed by atoms with van der Waals surface area (Å²) in [6.45, 7) is 0. The highest BCUT2D eigenvalue weighted by Crippen LogP contribution is 2.08. The Balaban J connectivity index is 2.74. The van der Waals surface area contributed by atoms with Gasteiger partial charge in [0.25, 0.3) is 0 Å². The second kappa shape index (κ2) is 4.61. The van der Waals surface area contributed by atoms with Crippen LogP contribution in [-0.2, 0) is 6.42 Å². The molecule has 1 aromatic rings. The van der Waals surface area contributed by atoms with Crippen molar-refractivity contribution in [1.29, 1.82) is 0 Å². The Morgan fingerprint density at radius 1 is 1.54 bits per heavy atom. The first-order valence-electron chi connectivity index (χ1n) is 3.93. The molecular weight excluding hydrogens is 167 g/mol. The number of rotatable bonds is 3. The summed E-state index contributed by atoms with van der Waals surface area (Å²) in [4.78, 5) is 0. The molecule has 1 rings (SSSR count). The summed E-state index contributed by atoms with van der Waals surface area (Å²) in [5, 5.41) is 0. The van der Waals surface area contributed by atoms with E-state index in [9.17, 15) is 4.39 Å². The Labute approximate surface area is 76.9 Å². The molecular formula is C10H11FN2. The van der Waals surface area contributed by atoms with Crippen molar-refractivity contribution in [2.24, 2.45) is 5.84 Å². The number of terminal acetylenes is 1. The van der Waals surface area contributed by atoms with Gasteiger partial charge in [-0.05, 0) is 11.6 Å². The van der Waals surface area contributed by atoms with Gasteiger partial charge in [0.1, 0.15) is 5.82 Å². The van der Waals surface area contributed by atoms with Crippen LogP contribution in [0.2, 0.25) is 0 Å². The van der Waals surface area contributed by atoms with Gasteiger partial charge < -0.3 is 0 Å². The van der Waals surface area contributed by atoms with E-state index in [0.29, 0.717) is 12.0 Å². The van der Waals surface area contributed by atoms with Gasteiger partial charge in [0, 0.05) is 6.42 Å². The summed E-state index contributed by atoms with van der Waals surface area (Å²) in [7, 11) is 0. The fourth-order valence-corrected chi connectivity index (χ4v) is 1.05. The first-order valence-corrected chi connectivity index (χ1v) is 3.93. The number of nitrogens with one attached hydrogen (secondary N) is 1. The van der Waals surface area contributed by atoms with Gasteiger partial charge >= 0.3 is 0 Å². The van der Waals surface area contributed by atoms with E-state index in [-0.39, 0.29) is 11.9 Å². The molecule has 0 aliphatic heterocycles. The summed E-state index contributed by atoms with van der Waals surface area (Å²) in [6.07, 6.45) is 5.57. The largest absolute Gasteiger partial charge is 0.270 e. The Morgan fingerprint density at radius 2 is 2.23 bits per heavy atom. The van der Waals surface area contributed by atoms with E-state index in [0.717, 1.165) is 0 Å². The van der Waals surface area contributed by atoms with Gasteiger partial charge in [-0.2, -0.15) is 0 Å². The molecule has 1 unspecified atom stereocenters. The van der Waals surface area contributed by atoms with E-state index in [1.54, 1.807) is 18.2 Å². The third-order valence-electron chi connectivity index (χ3n) is 1.78. The molecule has 0 amide bonds. The molecule has 13 heavy (non-hydrogen) atoms. The van der Waals surface area contributed by atoms with Crippen molar-refractivity contribution in [3.8, 4) is 12.3 Å². The van der Waals surface area contributed by atoms with E-state index < -0.39 is 0 Å². The van der Waals surface area contributed by atoms with Gasteiger partial charge in [0.2, 0.25) is 0 Å². The molecule has 0 bridgehead atoms. The first kappa shape index (κ1) is 9.72.